The molecule has 0 aromatic carbocycles. The quantitative estimate of drug-likeness (QED) is 0.600. The van der Waals surface area contributed by atoms with Gasteiger partial charge in [-0.05, 0) is 13.3 Å². The van der Waals surface area contributed by atoms with Gasteiger partial charge >= 0.3 is 6.03 Å². The Morgan fingerprint density at radius 2 is 2.14 bits per heavy atom. The Morgan fingerprint density at radius 1 is 1.36 bits per heavy atom. The van der Waals surface area contributed by atoms with Crippen molar-refractivity contribution in [3.05, 3.63) is 12.2 Å². The molecule has 0 aromatic rings. The number of carbonyl (C=O) groups is 2. The maximum atomic E-state index is 12.2. The van der Waals surface area contributed by atoms with Crippen LogP contribution < -0.4 is 5.32 Å². The summed E-state index contributed by atoms with van der Waals surface area (Å²) < 4.78 is 0. The number of aliphatic imine (C=N–C) groups is 1. The van der Waals surface area contributed by atoms with Crippen molar-refractivity contribution in [2.75, 3.05) is 19.3 Å². The first kappa shape index (κ1) is 16.9. The monoisotopic (exact) mass is 324 g/mol. The van der Waals surface area contributed by atoms with Crippen LogP contribution in [0.4, 0.5) is 4.79 Å². The molecule has 2 atom stereocenters. The van der Waals surface area contributed by atoms with Crippen molar-refractivity contribution in [1.82, 2.24) is 15.1 Å². The third kappa shape index (κ3) is 3.45. The number of thioether (sulfide) groups is 1. The van der Waals surface area contributed by atoms with E-state index in [1.807, 2.05) is 24.0 Å². The van der Waals surface area contributed by atoms with Crippen molar-refractivity contribution in [1.29, 1.82) is 0 Å². The van der Waals surface area contributed by atoms with Gasteiger partial charge in [-0.15, -0.1) is 0 Å². The van der Waals surface area contributed by atoms with E-state index < -0.39 is 12.2 Å². The summed E-state index contributed by atoms with van der Waals surface area (Å²) in [7, 11) is 1.68. The summed E-state index contributed by atoms with van der Waals surface area (Å²) in [6.07, 6.45) is 7.06. The lowest BCUT2D eigenvalue weighted by molar-refractivity contribution is -0.126. The molecule has 7 heteroatoms. The van der Waals surface area contributed by atoms with Crippen LogP contribution >= 0.6 is 11.8 Å². The first-order valence-corrected chi connectivity index (χ1v) is 8.74. The summed E-state index contributed by atoms with van der Waals surface area (Å²) in [4.78, 5) is 32.1. The first-order chi connectivity index (χ1) is 10.6. The molecule has 2 aliphatic rings. The van der Waals surface area contributed by atoms with Crippen LogP contribution in [0.3, 0.4) is 0 Å². The number of hydrogen-bond acceptors (Lipinski definition) is 5. The number of urea groups is 1. The average molecular weight is 324 g/mol. The summed E-state index contributed by atoms with van der Waals surface area (Å²) in [5.74, 6) is 0.725. The highest BCUT2D eigenvalue weighted by molar-refractivity contribution is 8.13. The lowest BCUT2D eigenvalue weighted by atomic mass is 10.1. The molecule has 22 heavy (non-hydrogen) atoms. The molecule has 0 aromatic heterocycles. The minimum atomic E-state index is -0.424. The number of carbonyl (C=O) groups excluding carboxylic acids is 2. The molecule has 6 nitrogen and oxygen atoms in total. The molecular formula is C15H24N4O2S. The number of nitrogens with zero attached hydrogens (tertiary/aromatic N) is 3. The lowest BCUT2D eigenvalue weighted by Gasteiger charge is -2.35. The molecule has 122 valence electrons. The zero-order valence-corrected chi connectivity index (χ0v) is 14.2. The molecule has 0 spiro atoms. The third-order valence-electron chi connectivity index (χ3n) is 3.84. The number of fused-ring (bicyclic) bond motifs is 1. The van der Waals surface area contributed by atoms with Gasteiger partial charge in [0, 0.05) is 19.3 Å². The minimum Gasteiger partial charge on any atom is -0.332 e. The van der Waals surface area contributed by atoms with Crippen LogP contribution in [0.1, 0.15) is 33.1 Å². The molecule has 1 fully saturated rings. The second kappa shape index (κ2) is 7.67. The van der Waals surface area contributed by atoms with Crippen molar-refractivity contribution in [3.8, 4) is 0 Å². The summed E-state index contributed by atoms with van der Waals surface area (Å²) >= 11 is 1.68. The van der Waals surface area contributed by atoms with E-state index in [0.717, 1.165) is 17.3 Å². The third-order valence-corrected chi connectivity index (χ3v) is 4.93. The average Bonchev–Trinajstić information content (AvgIpc) is 2.86. The van der Waals surface area contributed by atoms with Gasteiger partial charge in [0.05, 0.1) is 0 Å². The topological polar surface area (TPSA) is 65.0 Å². The first-order valence-electron chi connectivity index (χ1n) is 7.76. The Balaban J connectivity index is 2.13. The van der Waals surface area contributed by atoms with Gasteiger partial charge in [-0.25, -0.2) is 9.79 Å². The molecule has 0 radical (unpaired) electrons. The Morgan fingerprint density at radius 3 is 2.82 bits per heavy atom. The molecule has 2 aliphatic heterocycles. The summed E-state index contributed by atoms with van der Waals surface area (Å²) in [6.45, 7) is 4.76. The maximum absolute atomic E-state index is 12.2. The fourth-order valence-electron chi connectivity index (χ4n) is 2.55. The van der Waals surface area contributed by atoms with Crippen LogP contribution in [0.15, 0.2) is 17.1 Å². The lowest BCUT2D eigenvalue weighted by Crippen LogP contribution is -2.63. The van der Waals surface area contributed by atoms with Gasteiger partial charge in [-0.3, -0.25) is 10.1 Å². The second-order valence-electron chi connectivity index (χ2n) is 5.45. The number of imide groups is 1. The van der Waals surface area contributed by atoms with E-state index in [0.29, 0.717) is 6.54 Å². The van der Waals surface area contributed by atoms with Crippen molar-refractivity contribution in [2.45, 2.75) is 45.3 Å². The maximum Gasteiger partial charge on any atom is 0.325 e. The van der Waals surface area contributed by atoms with Crippen molar-refractivity contribution in [3.63, 3.8) is 0 Å². The van der Waals surface area contributed by atoms with Crippen LogP contribution in [0.5, 0.6) is 0 Å². The molecule has 1 N–H and O–H groups in total. The Hall–Kier alpha value is -1.50. The Bertz CT molecular complexity index is 492. The molecular weight excluding hydrogens is 300 g/mol. The van der Waals surface area contributed by atoms with Crippen molar-refractivity contribution in [2.24, 2.45) is 4.99 Å². The van der Waals surface area contributed by atoms with E-state index in [4.69, 9.17) is 0 Å². The van der Waals surface area contributed by atoms with E-state index in [-0.39, 0.29) is 11.9 Å². The minimum absolute atomic E-state index is 0.259. The largest absolute Gasteiger partial charge is 0.332 e. The Kier molecular flexibility index (Phi) is 5.88. The Labute approximate surface area is 136 Å². The van der Waals surface area contributed by atoms with E-state index in [1.54, 1.807) is 18.8 Å². The fraction of sp³-hybridized carbons (Fsp3) is 0.667. The number of amidine groups is 1. The summed E-state index contributed by atoms with van der Waals surface area (Å²) in [6, 6.07) is -0.800. The van der Waals surface area contributed by atoms with Crippen molar-refractivity contribution < 1.29 is 9.59 Å². The van der Waals surface area contributed by atoms with Gasteiger partial charge in [-0.1, -0.05) is 43.7 Å². The van der Waals surface area contributed by atoms with Crippen LogP contribution in [0.25, 0.3) is 0 Å². The predicted octanol–water partition coefficient (Wildman–Crippen LogP) is 2.03. The normalized spacial score (nSPS) is 24.8. The van der Waals surface area contributed by atoms with Crippen LogP contribution in [-0.2, 0) is 4.79 Å². The van der Waals surface area contributed by atoms with E-state index >= 15 is 0 Å². The molecule has 3 amide bonds. The number of rotatable bonds is 6. The number of hydrogen-bond donors (Lipinski definition) is 1. The van der Waals surface area contributed by atoms with Gasteiger partial charge in [0.15, 0.2) is 17.4 Å². The van der Waals surface area contributed by atoms with Crippen LogP contribution in [-0.4, -0.2) is 58.5 Å². The molecule has 0 aliphatic carbocycles. The standard InChI is InChI=1S/C15H24N4O2S/c1-4-6-8-10-22-15-16-12-11(19(15)9-7-5-2)13(20)17-14(21)18(12)3/h5,7,11-12H,4,6,8-10H2,1-3H3,(H,17,20,21)/b7-5+. The second-order valence-corrected chi connectivity index (χ2v) is 6.51. The SMILES string of the molecule is C/C=C/CN1C(SCCCCC)=NC2C1C(=O)NC(=O)N2C. The van der Waals surface area contributed by atoms with E-state index in [2.05, 4.69) is 17.2 Å². The van der Waals surface area contributed by atoms with Gasteiger partial charge < -0.3 is 9.80 Å². The van der Waals surface area contributed by atoms with Crippen LogP contribution in [0, 0.1) is 0 Å². The van der Waals surface area contributed by atoms with Crippen molar-refractivity contribution >= 4 is 28.9 Å². The van der Waals surface area contributed by atoms with Gasteiger partial charge in [0.25, 0.3) is 5.91 Å². The molecule has 2 rings (SSSR count). The smallest absolute Gasteiger partial charge is 0.325 e. The highest BCUT2D eigenvalue weighted by Gasteiger charge is 2.48. The zero-order valence-electron chi connectivity index (χ0n) is 13.4. The predicted molar refractivity (Wildman–Crippen MR) is 89.8 cm³/mol. The number of amides is 3. The molecule has 0 saturated carbocycles. The van der Waals surface area contributed by atoms with E-state index in [9.17, 15) is 9.59 Å². The summed E-state index contributed by atoms with van der Waals surface area (Å²) in [5, 5.41) is 3.27. The zero-order chi connectivity index (χ0) is 16.1. The number of allylic oxidation sites excluding steroid dienone is 1. The molecule has 0 bridgehead atoms. The highest BCUT2D eigenvalue weighted by atomic mass is 32.2. The molecule has 2 heterocycles. The van der Waals surface area contributed by atoms with Gasteiger partial charge in [0.1, 0.15) is 0 Å². The van der Waals surface area contributed by atoms with E-state index in [1.165, 1.54) is 17.7 Å². The number of nitrogens with one attached hydrogen (secondary N) is 1. The fourth-order valence-corrected chi connectivity index (χ4v) is 3.61. The number of likely N-dealkylation sites (N-methyl/N-ethyl adjacent to an activating group) is 1. The number of unbranched alkanes of at least 4 members (excludes halogenated alkanes) is 2. The van der Waals surface area contributed by atoms with Gasteiger partial charge in [-0.2, -0.15) is 0 Å². The molecule has 1 saturated heterocycles. The highest BCUT2D eigenvalue weighted by Crippen LogP contribution is 2.28. The summed E-state index contributed by atoms with van der Waals surface area (Å²) in [5.41, 5.74) is 0. The van der Waals surface area contributed by atoms with Crippen LogP contribution in [0.2, 0.25) is 0 Å². The molecule has 2 unspecified atom stereocenters. The van der Waals surface area contributed by atoms with Gasteiger partial charge in [0.2, 0.25) is 0 Å².